The molecule has 2 aliphatic rings. The Morgan fingerprint density at radius 2 is 2.32 bits per heavy atom. The van der Waals surface area contributed by atoms with Gasteiger partial charge in [0.15, 0.2) is 5.17 Å². The molecule has 96 valence electrons. The third-order valence-corrected chi connectivity index (χ3v) is 4.53. The lowest BCUT2D eigenvalue weighted by Crippen LogP contribution is -2.20. The first kappa shape index (κ1) is 11.1. The number of fused-ring (bicyclic) bond motifs is 2. The molecule has 0 fully saturated rings. The van der Waals surface area contributed by atoms with E-state index in [0.29, 0.717) is 0 Å². The molecule has 0 unspecified atom stereocenters. The molecule has 0 spiro atoms. The summed E-state index contributed by atoms with van der Waals surface area (Å²) in [4.78, 5) is 7.58. The summed E-state index contributed by atoms with van der Waals surface area (Å²) in [6.45, 7) is 1.73. The summed E-state index contributed by atoms with van der Waals surface area (Å²) in [5.41, 5.74) is 2.95. The summed E-state index contributed by atoms with van der Waals surface area (Å²) >= 11 is 1.56. The Balaban J connectivity index is 1.95. The maximum Gasteiger partial charge on any atom is 0.168 e. The van der Waals surface area contributed by atoms with Crippen molar-refractivity contribution in [1.29, 1.82) is 0 Å². The van der Waals surface area contributed by atoms with Crippen molar-refractivity contribution in [3.8, 4) is 0 Å². The lowest BCUT2D eigenvalue weighted by molar-refractivity contribution is 0.339. The van der Waals surface area contributed by atoms with E-state index in [2.05, 4.69) is 9.89 Å². The van der Waals surface area contributed by atoms with Gasteiger partial charge in [0.2, 0.25) is 0 Å². The van der Waals surface area contributed by atoms with Crippen LogP contribution < -0.4 is 0 Å². The SMILES string of the molecule is OCC1=C(c2cccc3ccoc23)N2CCN=C2S1. The number of furan rings is 1. The fraction of sp³-hybridized carbons (Fsp3) is 0.214. The van der Waals surface area contributed by atoms with E-state index >= 15 is 0 Å². The van der Waals surface area contributed by atoms with Crippen LogP contribution in [0.4, 0.5) is 0 Å². The number of aliphatic hydroxyl groups is 1. The van der Waals surface area contributed by atoms with Gasteiger partial charge in [-0.05, 0) is 12.1 Å². The fourth-order valence-electron chi connectivity index (χ4n) is 2.61. The monoisotopic (exact) mass is 272 g/mol. The number of aliphatic imine (C=N–C) groups is 1. The quantitative estimate of drug-likeness (QED) is 0.912. The van der Waals surface area contributed by atoms with E-state index in [9.17, 15) is 5.11 Å². The Bertz CT molecular complexity index is 717. The number of nitrogens with zero attached hydrogens (tertiary/aromatic N) is 2. The van der Waals surface area contributed by atoms with E-state index in [1.807, 2.05) is 24.3 Å². The smallest absolute Gasteiger partial charge is 0.168 e. The van der Waals surface area contributed by atoms with Gasteiger partial charge < -0.3 is 14.4 Å². The second-order valence-corrected chi connectivity index (χ2v) is 5.55. The van der Waals surface area contributed by atoms with E-state index in [-0.39, 0.29) is 6.61 Å². The molecule has 0 atom stereocenters. The van der Waals surface area contributed by atoms with Gasteiger partial charge in [-0.15, -0.1) is 0 Å². The highest BCUT2D eigenvalue weighted by Crippen LogP contribution is 2.43. The molecule has 0 amide bonds. The average Bonchev–Trinajstić information content (AvgIpc) is 3.12. The maximum atomic E-state index is 9.58. The third kappa shape index (κ3) is 1.55. The molecule has 4 nitrogen and oxygen atoms in total. The minimum absolute atomic E-state index is 0.0343. The Morgan fingerprint density at radius 1 is 1.37 bits per heavy atom. The van der Waals surface area contributed by atoms with Gasteiger partial charge in [-0.2, -0.15) is 0 Å². The van der Waals surface area contributed by atoms with Crippen molar-refractivity contribution in [2.75, 3.05) is 19.7 Å². The zero-order valence-corrected chi connectivity index (χ0v) is 11.0. The minimum atomic E-state index is 0.0343. The normalized spacial score (nSPS) is 18.4. The summed E-state index contributed by atoms with van der Waals surface area (Å²) in [5, 5.41) is 11.7. The Labute approximate surface area is 114 Å². The average molecular weight is 272 g/mol. The lowest BCUT2D eigenvalue weighted by atomic mass is 10.1. The van der Waals surface area contributed by atoms with Gasteiger partial charge in [0.05, 0.1) is 25.1 Å². The maximum absolute atomic E-state index is 9.58. The van der Waals surface area contributed by atoms with Gasteiger partial charge in [0.25, 0.3) is 0 Å². The Kier molecular flexibility index (Phi) is 2.43. The first-order chi connectivity index (χ1) is 9.38. The van der Waals surface area contributed by atoms with Crippen LogP contribution in [0.15, 0.2) is 44.8 Å². The van der Waals surface area contributed by atoms with Crippen LogP contribution in [0.2, 0.25) is 0 Å². The van der Waals surface area contributed by atoms with Crippen molar-refractivity contribution in [1.82, 2.24) is 4.90 Å². The molecule has 1 aromatic carbocycles. The highest BCUT2D eigenvalue weighted by Gasteiger charge is 2.33. The van der Waals surface area contributed by atoms with Crippen LogP contribution in [0.3, 0.4) is 0 Å². The van der Waals surface area contributed by atoms with Crippen molar-refractivity contribution in [2.45, 2.75) is 0 Å². The molecule has 2 aliphatic heterocycles. The van der Waals surface area contributed by atoms with Crippen LogP contribution in [-0.4, -0.2) is 34.9 Å². The number of para-hydroxylation sites is 1. The summed E-state index contributed by atoms with van der Waals surface area (Å²) < 4.78 is 5.61. The van der Waals surface area contributed by atoms with E-state index in [0.717, 1.165) is 45.4 Å². The van der Waals surface area contributed by atoms with E-state index in [1.54, 1.807) is 18.0 Å². The second-order valence-electron chi connectivity index (χ2n) is 4.49. The van der Waals surface area contributed by atoms with Gasteiger partial charge in [-0.25, -0.2) is 0 Å². The first-order valence-corrected chi connectivity index (χ1v) is 7.00. The number of hydrogen-bond donors (Lipinski definition) is 1. The van der Waals surface area contributed by atoms with Crippen molar-refractivity contribution in [3.05, 3.63) is 41.0 Å². The Morgan fingerprint density at radius 3 is 3.21 bits per heavy atom. The summed E-state index contributed by atoms with van der Waals surface area (Å²) in [6, 6.07) is 8.05. The predicted molar refractivity (Wildman–Crippen MR) is 76.8 cm³/mol. The van der Waals surface area contributed by atoms with Crippen LogP contribution >= 0.6 is 11.8 Å². The van der Waals surface area contributed by atoms with Gasteiger partial charge in [0.1, 0.15) is 5.58 Å². The summed E-state index contributed by atoms with van der Waals surface area (Å²) in [5.74, 6) is 0. The molecule has 4 rings (SSSR count). The third-order valence-electron chi connectivity index (χ3n) is 3.43. The van der Waals surface area contributed by atoms with Crippen molar-refractivity contribution >= 4 is 33.6 Å². The van der Waals surface area contributed by atoms with E-state index < -0.39 is 0 Å². The van der Waals surface area contributed by atoms with Gasteiger partial charge in [-0.3, -0.25) is 4.99 Å². The predicted octanol–water partition coefficient (Wildman–Crippen LogP) is 2.51. The number of hydrogen-bond acceptors (Lipinski definition) is 5. The minimum Gasteiger partial charge on any atom is -0.464 e. The number of amidine groups is 1. The van der Waals surface area contributed by atoms with Crippen LogP contribution in [0, 0.1) is 0 Å². The summed E-state index contributed by atoms with van der Waals surface area (Å²) in [7, 11) is 0. The van der Waals surface area contributed by atoms with Crippen LogP contribution in [0.1, 0.15) is 5.56 Å². The van der Waals surface area contributed by atoms with Crippen molar-refractivity contribution in [3.63, 3.8) is 0 Å². The zero-order chi connectivity index (χ0) is 12.8. The molecule has 5 heteroatoms. The van der Waals surface area contributed by atoms with Crippen molar-refractivity contribution in [2.24, 2.45) is 4.99 Å². The van der Waals surface area contributed by atoms with Gasteiger partial charge >= 0.3 is 0 Å². The molecule has 19 heavy (non-hydrogen) atoms. The summed E-state index contributed by atoms with van der Waals surface area (Å²) in [6.07, 6.45) is 1.70. The van der Waals surface area contributed by atoms with Gasteiger partial charge in [0, 0.05) is 22.4 Å². The molecule has 1 N–H and O–H groups in total. The second kappa shape index (κ2) is 4.15. The largest absolute Gasteiger partial charge is 0.464 e. The molecule has 2 aromatic rings. The number of thioether (sulfide) groups is 1. The molecule has 3 heterocycles. The molecule has 1 aromatic heterocycles. The topological polar surface area (TPSA) is 49.0 Å². The van der Waals surface area contributed by atoms with Crippen LogP contribution in [0.5, 0.6) is 0 Å². The molecular weight excluding hydrogens is 260 g/mol. The fourth-order valence-corrected chi connectivity index (χ4v) is 3.66. The molecule has 0 bridgehead atoms. The van der Waals surface area contributed by atoms with Crippen LogP contribution in [-0.2, 0) is 0 Å². The van der Waals surface area contributed by atoms with Crippen LogP contribution in [0.25, 0.3) is 16.7 Å². The number of benzene rings is 1. The van der Waals surface area contributed by atoms with Crippen molar-refractivity contribution < 1.29 is 9.52 Å². The molecule has 0 saturated heterocycles. The number of rotatable bonds is 2. The molecular formula is C14H12N2O2S. The zero-order valence-electron chi connectivity index (χ0n) is 10.2. The first-order valence-electron chi connectivity index (χ1n) is 6.19. The highest BCUT2D eigenvalue weighted by molar-refractivity contribution is 8.17. The van der Waals surface area contributed by atoms with E-state index in [1.165, 1.54) is 0 Å². The standard InChI is InChI=1S/C14H12N2O2S/c17-8-11-12(16-6-5-15-14(16)19-11)10-3-1-2-9-4-7-18-13(9)10/h1-4,7,17H,5-6,8H2. The Hall–Kier alpha value is -1.72. The van der Waals surface area contributed by atoms with Gasteiger partial charge in [-0.1, -0.05) is 23.9 Å². The molecule has 0 radical (unpaired) electrons. The number of aliphatic hydroxyl groups excluding tert-OH is 1. The molecule has 0 aliphatic carbocycles. The lowest BCUT2D eigenvalue weighted by Gasteiger charge is -2.17. The highest BCUT2D eigenvalue weighted by atomic mass is 32.2. The molecule has 0 saturated carbocycles. The van der Waals surface area contributed by atoms with E-state index in [4.69, 9.17) is 4.42 Å².